The van der Waals surface area contributed by atoms with Crippen molar-refractivity contribution in [3.05, 3.63) is 41.7 Å². The number of carbonyl (C=O) groups is 1. The minimum Gasteiger partial charge on any atom is -0.357 e. The molecule has 128 valence electrons. The molecule has 2 aromatic rings. The molecule has 1 fully saturated rings. The van der Waals surface area contributed by atoms with Gasteiger partial charge in [0.2, 0.25) is 5.91 Å². The number of piperidine rings is 1. The van der Waals surface area contributed by atoms with Gasteiger partial charge >= 0.3 is 0 Å². The standard InChI is InChI=1S/C18H20N6O/c1-13-3-5-17(22-21-13)23(2)18(25)15-7-9-24(10-8-15)16-6-4-14(11-19)12-20-16/h3-6,12,15H,7-10H2,1-2H3. The molecule has 0 aromatic carbocycles. The van der Waals surface area contributed by atoms with Crippen LogP contribution in [0.5, 0.6) is 0 Å². The zero-order valence-electron chi connectivity index (χ0n) is 14.4. The zero-order chi connectivity index (χ0) is 17.8. The van der Waals surface area contributed by atoms with Gasteiger partial charge in [-0.2, -0.15) is 10.4 Å². The molecule has 0 saturated carbocycles. The summed E-state index contributed by atoms with van der Waals surface area (Å²) < 4.78 is 0. The van der Waals surface area contributed by atoms with Crippen LogP contribution in [0.4, 0.5) is 11.6 Å². The minimum atomic E-state index is -0.0252. The van der Waals surface area contributed by atoms with Crippen molar-refractivity contribution in [2.75, 3.05) is 29.9 Å². The molecule has 0 unspecified atom stereocenters. The molecule has 0 N–H and O–H groups in total. The molecule has 2 aromatic heterocycles. The minimum absolute atomic E-state index is 0.0252. The van der Waals surface area contributed by atoms with Crippen molar-refractivity contribution >= 4 is 17.5 Å². The third kappa shape index (κ3) is 3.74. The van der Waals surface area contributed by atoms with Crippen molar-refractivity contribution in [2.45, 2.75) is 19.8 Å². The summed E-state index contributed by atoms with van der Waals surface area (Å²) in [5.74, 6) is 1.47. The molecule has 7 heteroatoms. The van der Waals surface area contributed by atoms with Crippen LogP contribution < -0.4 is 9.80 Å². The topological polar surface area (TPSA) is 86.0 Å². The van der Waals surface area contributed by atoms with E-state index in [1.165, 1.54) is 0 Å². The Labute approximate surface area is 146 Å². The van der Waals surface area contributed by atoms with E-state index in [4.69, 9.17) is 5.26 Å². The first kappa shape index (κ1) is 16.8. The second-order valence-electron chi connectivity index (χ2n) is 6.21. The summed E-state index contributed by atoms with van der Waals surface area (Å²) in [5.41, 5.74) is 1.38. The van der Waals surface area contributed by atoms with Gasteiger partial charge in [-0.1, -0.05) is 0 Å². The van der Waals surface area contributed by atoms with Crippen LogP contribution in [0.25, 0.3) is 0 Å². The molecule has 3 heterocycles. The first-order chi connectivity index (χ1) is 12.1. The Balaban J connectivity index is 1.60. The van der Waals surface area contributed by atoms with Crippen molar-refractivity contribution in [1.82, 2.24) is 15.2 Å². The molecule has 7 nitrogen and oxygen atoms in total. The first-order valence-corrected chi connectivity index (χ1v) is 8.27. The van der Waals surface area contributed by atoms with Crippen LogP contribution >= 0.6 is 0 Å². The Morgan fingerprint density at radius 1 is 1.24 bits per heavy atom. The second kappa shape index (κ2) is 7.26. The van der Waals surface area contributed by atoms with Gasteiger partial charge in [-0.05, 0) is 44.0 Å². The van der Waals surface area contributed by atoms with E-state index in [2.05, 4.69) is 26.2 Å². The number of carbonyl (C=O) groups excluding carboxylic acids is 1. The predicted octanol–water partition coefficient (Wildman–Crippen LogP) is 1.93. The van der Waals surface area contributed by atoms with Gasteiger partial charge in [0.15, 0.2) is 5.82 Å². The zero-order valence-corrected chi connectivity index (χ0v) is 14.4. The monoisotopic (exact) mass is 336 g/mol. The molecule has 25 heavy (non-hydrogen) atoms. The van der Waals surface area contributed by atoms with Crippen LogP contribution in [0.15, 0.2) is 30.5 Å². The van der Waals surface area contributed by atoms with E-state index in [9.17, 15) is 4.79 Å². The fourth-order valence-electron chi connectivity index (χ4n) is 2.95. The van der Waals surface area contributed by atoms with Gasteiger partial charge < -0.3 is 4.90 Å². The molecule has 1 aliphatic heterocycles. The van der Waals surface area contributed by atoms with Crippen LogP contribution in [0.1, 0.15) is 24.1 Å². The van der Waals surface area contributed by atoms with Gasteiger partial charge in [0.05, 0.1) is 11.3 Å². The van der Waals surface area contributed by atoms with Gasteiger partial charge in [0.1, 0.15) is 11.9 Å². The highest BCUT2D eigenvalue weighted by Crippen LogP contribution is 2.24. The molecule has 0 bridgehead atoms. The van der Waals surface area contributed by atoms with Crippen LogP contribution in [0, 0.1) is 24.2 Å². The van der Waals surface area contributed by atoms with Gasteiger partial charge in [0.25, 0.3) is 0 Å². The van der Waals surface area contributed by atoms with Crippen molar-refractivity contribution in [3.63, 3.8) is 0 Å². The van der Waals surface area contributed by atoms with E-state index in [0.717, 1.165) is 37.4 Å². The largest absolute Gasteiger partial charge is 0.357 e. The summed E-state index contributed by atoms with van der Waals surface area (Å²) >= 11 is 0. The maximum Gasteiger partial charge on any atom is 0.231 e. The van der Waals surface area contributed by atoms with Crippen LogP contribution in [0.2, 0.25) is 0 Å². The second-order valence-corrected chi connectivity index (χ2v) is 6.21. The van der Waals surface area contributed by atoms with E-state index in [-0.39, 0.29) is 11.8 Å². The third-order valence-corrected chi connectivity index (χ3v) is 4.50. The van der Waals surface area contributed by atoms with Gasteiger partial charge in [0, 0.05) is 32.3 Å². The molecule has 1 amide bonds. The van der Waals surface area contributed by atoms with Crippen molar-refractivity contribution in [1.29, 1.82) is 5.26 Å². The van der Waals surface area contributed by atoms with Crippen LogP contribution in [-0.4, -0.2) is 41.2 Å². The SMILES string of the molecule is Cc1ccc(N(C)C(=O)C2CCN(c3ccc(C#N)cn3)CC2)nn1. The summed E-state index contributed by atoms with van der Waals surface area (Å²) in [6.45, 7) is 3.40. The van der Waals surface area contributed by atoms with Crippen molar-refractivity contribution in [2.24, 2.45) is 5.92 Å². The Hall–Kier alpha value is -3.01. The number of aryl methyl sites for hydroxylation is 1. The fraction of sp³-hybridized carbons (Fsp3) is 0.389. The number of aromatic nitrogens is 3. The van der Waals surface area contributed by atoms with E-state index in [1.807, 2.05) is 25.1 Å². The Kier molecular flexibility index (Phi) is 4.89. The number of amides is 1. The molecule has 0 aliphatic carbocycles. The highest BCUT2D eigenvalue weighted by molar-refractivity contribution is 5.93. The van der Waals surface area contributed by atoms with Crippen molar-refractivity contribution < 1.29 is 4.79 Å². The maximum atomic E-state index is 12.7. The Bertz CT molecular complexity index is 773. The van der Waals surface area contributed by atoms with Gasteiger partial charge in [-0.15, -0.1) is 5.10 Å². The Morgan fingerprint density at radius 3 is 2.56 bits per heavy atom. The lowest BCUT2D eigenvalue weighted by Crippen LogP contribution is -2.41. The third-order valence-electron chi connectivity index (χ3n) is 4.50. The van der Waals surface area contributed by atoms with Gasteiger partial charge in [-0.25, -0.2) is 4.98 Å². The summed E-state index contributed by atoms with van der Waals surface area (Å²) in [4.78, 5) is 20.8. The number of hydrogen-bond donors (Lipinski definition) is 0. The molecule has 0 atom stereocenters. The van der Waals surface area contributed by atoms with E-state index >= 15 is 0 Å². The fourth-order valence-corrected chi connectivity index (χ4v) is 2.95. The lowest BCUT2D eigenvalue weighted by molar-refractivity contribution is -0.122. The van der Waals surface area contributed by atoms with Gasteiger partial charge in [-0.3, -0.25) is 9.69 Å². The molecule has 1 aliphatic rings. The molecule has 1 saturated heterocycles. The van der Waals surface area contributed by atoms with E-state index in [0.29, 0.717) is 11.4 Å². The lowest BCUT2D eigenvalue weighted by Gasteiger charge is -2.33. The van der Waals surface area contributed by atoms with Crippen LogP contribution in [-0.2, 0) is 4.79 Å². The average molecular weight is 336 g/mol. The summed E-state index contributed by atoms with van der Waals surface area (Å²) in [7, 11) is 1.75. The number of anilines is 2. The van der Waals surface area contributed by atoms with E-state index < -0.39 is 0 Å². The quantitative estimate of drug-likeness (QED) is 0.851. The summed E-state index contributed by atoms with van der Waals surface area (Å²) in [5, 5.41) is 16.9. The summed E-state index contributed by atoms with van der Waals surface area (Å²) in [6.07, 6.45) is 3.12. The van der Waals surface area contributed by atoms with E-state index in [1.54, 1.807) is 24.2 Å². The molecule has 0 radical (unpaired) electrons. The smallest absolute Gasteiger partial charge is 0.231 e. The first-order valence-electron chi connectivity index (χ1n) is 8.27. The highest BCUT2D eigenvalue weighted by Gasteiger charge is 2.28. The number of pyridine rings is 1. The summed E-state index contributed by atoms with van der Waals surface area (Å²) in [6, 6.07) is 9.36. The number of hydrogen-bond acceptors (Lipinski definition) is 6. The lowest BCUT2D eigenvalue weighted by atomic mass is 9.95. The maximum absolute atomic E-state index is 12.7. The predicted molar refractivity (Wildman–Crippen MR) is 94.1 cm³/mol. The number of nitriles is 1. The average Bonchev–Trinajstić information content (AvgIpc) is 2.67. The normalized spacial score (nSPS) is 14.8. The Morgan fingerprint density at radius 2 is 2.00 bits per heavy atom. The van der Waals surface area contributed by atoms with Crippen molar-refractivity contribution in [3.8, 4) is 6.07 Å². The van der Waals surface area contributed by atoms with Crippen LogP contribution in [0.3, 0.4) is 0 Å². The molecular formula is C18H20N6O. The molecule has 3 rings (SSSR count). The molecule has 0 spiro atoms. The number of nitrogens with zero attached hydrogens (tertiary/aromatic N) is 6. The number of rotatable bonds is 3. The molecular weight excluding hydrogens is 316 g/mol. The highest BCUT2D eigenvalue weighted by atomic mass is 16.2.